The summed E-state index contributed by atoms with van der Waals surface area (Å²) in [4.78, 5) is 12.1. The van der Waals surface area contributed by atoms with Crippen LogP contribution in [0.1, 0.15) is 5.56 Å². The van der Waals surface area contributed by atoms with Crippen LogP contribution in [-0.2, 0) is 11.2 Å². The normalized spacial score (nSPS) is 10.2. The van der Waals surface area contributed by atoms with Crippen molar-refractivity contribution >= 4 is 38.9 Å². The van der Waals surface area contributed by atoms with Crippen LogP contribution in [0, 0.1) is 0 Å². The van der Waals surface area contributed by atoms with Gasteiger partial charge in [0, 0.05) is 21.5 Å². The molecule has 0 aromatic heterocycles. The van der Waals surface area contributed by atoms with E-state index in [1.54, 1.807) is 0 Å². The molecule has 24 heavy (non-hydrogen) atoms. The van der Waals surface area contributed by atoms with E-state index in [2.05, 4.69) is 26.6 Å². The molecule has 0 bridgehead atoms. The maximum absolute atomic E-state index is 12.1. The Kier molecular flexibility index (Phi) is 5.29. The molecule has 0 heterocycles. The van der Waals surface area contributed by atoms with Gasteiger partial charge in [0.25, 0.3) is 0 Å². The molecule has 3 aromatic rings. The van der Waals surface area contributed by atoms with E-state index in [4.69, 9.17) is 0 Å². The maximum atomic E-state index is 12.1. The van der Waals surface area contributed by atoms with Crippen LogP contribution in [-0.4, -0.2) is 5.91 Å². The second-order valence-electron chi connectivity index (χ2n) is 5.42. The molecular formula is C20H17BrN2O. The number of halogens is 1. The van der Waals surface area contributed by atoms with Gasteiger partial charge in [0.05, 0.1) is 6.42 Å². The number of benzene rings is 3. The van der Waals surface area contributed by atoms with Crippen LogP contribution in [0.3, 0.4) is 0 Å². The molecule has 0 saturated carbocycles. The van der Waals surface area contributed by atoms with Gasteiger partial charge in [-0.05, 0) is 48.0 Å². The SMILES string of the molecule is O=C(Cc1ccccc1)Nc1ccc(Nc2cccc(Br)c2)cc1. The van der Waals surface area contributed by atoms with Crippen molar-refractivity contribution in [2.75, 3.05) is 10.6 Å². The molecule has 0 aliphatic heterocycles. The van der Waals surface area contributed by atoms with Crippen LogP contribution in [0.5, 0.6) is 0 Å². The monoisotopic (exact) mass is 380 g/mol. The molecule has 1 amide bonds. The van der Waals surface area contributed by atoms with Crippen molar-refractivity contribution in [2.45, 2.75) is 6.42 Å². The maximum Gasteiger partial charge on any atom is 0.228 e. The standard InChI is InChI=1S/C20H17BrN2O/c21-16-7-4-8-19(14-16)22-17-9-11-18(12-10-17)23-20(24)13-15-5-2-1-3-6-15/h1-12,14,22H,13H2,(H,23,24). The summed E-state index contributed by atoms with van der Waals surface area (Å²) in [6.45, 7) is 0. The van der Waals surface area contributed by atoms with Crippen molar-refractivity contribution in [3.05, 3.63) is 88.9 Å². The van der Waals surface area contributed by atoms with Gasteiger partial charge in [-0.2, -0.15) is 0 Å². The molecule has 3 aromatic carbocycles. The summed E-state index contributed by atoms with van der Waals surface area (Å²) in [5, 5.41) is 6.24. The third-order valence-electron chi connectivity index (χ3n) is 3.49. The van der Waals surface area contributed by atoms with Gasteiger partial charge in [0.2, 0.25) is 5.91 Å². The molecule has 0 atom stereocenters. The first-order chi connectivity index (χ1) is 11.7. The number of hydrogen-bond acceptors (Lipinski definition) is 2. The van der Waals surface area contributed by atoms with Crippen LogP contribution in [0.15, 0.2) is 83.3 Å². The molecule has 120 valence electrons. The molecule has 0 spiro atoms. The quantitative estimate of drug-likeness (QED) is 0.624. The molecular weight excluding hydrogens is 364 g/mol. The van der Waals surface area contributed by atoms with E-state index in [1.165, 1.54) is 0 Å². The van der Waals surface area contributed by atoms with E-state index in [9.17, 15) is 4.79 Å². The van der Waals surface area contributed by atoms with Crippen molar-refractivity contribution in [3.63, 3.8) is 0 Å². The fourth-order valence-electron chi connectivity index (χ4n) is 2.36. The van der Waals surface area contributed by atoms with Crippen LogP contribution >= 0.6 is 15.9 Å². The molecule has 4 heteroatoms. The Morgan fingerprint density at radius 3 is 2.21 bits per heavy atom. The zero-order valence-electron chi connectivity index (χ0n) is 13.0. The van der Waals surface area contributed by atoms with Crippen molar-refractivity contribution < 1.29 is 4.79 Å². The van der Waals surface area contributed by atoms with Gasteiger partial charge < -0.3 is 10.6 Å². The highest BCUT2D eigenvalue weighted by atomic mass is 79.9. The minimum atomic E-state index is -0.0195. The van der Waals surface area contributed by atoms with Gasteiger partial charge in [0.1, 0.15) is 0 Å². The van der Waals surface area contributed by atoms with E-state index >= 15 is 0 Å². The number of rotatable bonds is 5. The van der Waals surface area contributed by atoms with Crippen LogP contribution in [0.2, 0.25) is 0 Å². The summed E-state index contributed by atoms with van der Waals surface area (Å²) in [5.41, 5.74) is 3.76. The predicted molar refractivity (Wildman–Crippen MR) is 103 cm³/mol. The molecule has 3 nitrogen and oxygen atoms in total. The second-order valence-corrected chi connectivity index (χ2v) is 6.34. The minimum absolute atomic E-state index is 0.0195. The number of carbonyl (C=O) groups excluding carboxylic acids is 1. The smallest absolute Gasteiger partial charge is 0.228 e. The predicted octanol–water partition coefficient (Wildman–Crippen LogP) is 5.37. The zero-order chi connectivity index (χ0) is 16.8. The molecule has 2 N–H and O–H groups in total. The third-order valence-corrected chi connectivity index (χ3v) is 3.98. The molecule has 0 aliphatic rings. The third kappa shape index (κ3) is 4.70. The van der Waals surface area contributed by atoms with Crippen molar-refractivity contribution in [1.29, 1.82) is 0 Å². The first-order valence-electron chi connectivity index (χ1n) is 7.65. The summed E-state index contributed by atoms with van der Waals surface area (Å²) in [5.74, 6) is -0.0195. The Morgan fingerprint density at radius 2 is 1.50 bits per heavy atom. The highest BCUT2D eigenvalue weighted by Crippen LogP contribution is 2.21. The van der Waals surface area contributed by atoms with Crippen LogP contribution in [0.4, 0.5) is 17.1 Å². The first-order valence-corrected chi connectivity index (χ1v) is 8.45. The minimum Gasteiger partial charge on any atom is -0.355 e. The number of amides is 1. The van der Waals surface area contributed by atoms with E-state index in [0.29, 0.717) is 6.42 Å². The zero-order valence-corrected chi connectivity index (χ0v) is 14.6. The molecule has 3 rings (SSSR count). The second kappa shape index (κ2) is 7.79. The lowest BCUT2D eigenvalue weighted by atomic mass is 10.1. The summed E-state index contributed by atoms with van der Waals surface area (Å²) in [7, 11) is 0. The summed E-state index contributed by atoms with van der Waals surface area (Å²) in [6.07, 6.45) is 0.374. The van der Waals surface area contributed by atoms with E-state index in [-0.39, 0.29) is 5.91 Å². The number of hydrogen-bond donors (Lipinski definition) is 2. The van der Waals surface area contributed by atoms with E-state index in [0.717, 1.165) is 27.1 Å². The van der Waals surface area contributed by atoms with Crippen molar-refractivity contribution in [3.8, 4) is 0 Å². The summed E-state index contributed by atoms with van der Waals surface area (Å²) < 4.78 is 1.03. The lowest BCUT2D eigenvalue weighted by molar-refractivity contribution is -0.115. The lowest BCUT2D eigenvalue weighted by Gasteiger charge is -2.09. The Hall–Kier alpha value is -2.59. The Balaban J connectivity index is 1.59. The highest BCUT2D eigenvalue weighted by molar-refractivity contribution is 9.10. The number of anilines is 3. The van der Waals surface area contributed by atoms with Crippen molar-refractivity contribution in [2.24, 2.45) is 0 Å². The molecule has 0 aliphatic carbocycles. The van der Waals surface area contributed by atoms with Crippen LogP contribution < -0.4 is 10.6 Å². The number of carbonyl (C=O) groups is 1. The molecule has 0 saturated heterocycles. The average molecular weight is 381 g/mol. The van der Waals surface area contributed by atoms with Gasteiger partial charge in [-0.1, -0.05) is 52.3 Å². The summed E-state index contributed by atoms with van der Waals surface area (Å²) >= 11 is 3.45. The molecule has 0 radical (unpaired) electrons. The van der Waals surface area contributed by atoms with Crippen molar-refractivity contribution in [1.82, 2.24) is 0 Å². The van der Waals surface area contributed by atoms with Gasteiger partial charge in [0.15, 0.2) is 0 Å². The fraction of sp³-hybridized carbons (Fsp3) is 0.0500. The van der Waals surface area contributed by atoms with E-state index in [1.807, 2.05) is 78.9 Å². The summed E-state index contributed by atoms with van der Waals surface area (Å²) in [6, 6.07) is 25.4. The Morgan fingerprint density at radius 1 is 0.792 bits per heavy atom. The molecule has 0 fully saturated rings. The first kappa shape index (κ1) is 16.3. The van der Waals surface area contributed by atoms with Gasteiger partial charge >= 0.3 is 0 Å². The van der Waals surface area contributed by atoms with Crippen LogP contribution in [0.25, 0.3) is 0 Å². The van der Waals surface area contributed by atoms with E-state index < -0.39 is 0 Å². The average Bonchev–Trinajstić information content (AvgIpc) is 2.57. The Bertz CT molecular complexity index is 817. The largest absolute Gasteiger partial charge is 0.355 e. The van der Waals surface area contributed by atoms with Gasteiger partial charge in [-0.25, -0.2) is 0 Å². The van der Waals surface area contributed by atoms with Gasteiger partial charge in [-0.3, -0.25) is 4.79 Å². The molecule has 0 unspecified atom stereocenters. The fourth-order valence-corrected chi connectivity index (χ4v) is 2.76. The lowest BCUT2D eigenvalue weighted by Crippen LogP contribution is -2.14. The Labute approximate surface area is 149 Å². The number of nitrogens with one attached hydrogen (secondary N) is 2. The highest BCUT2D eigenvalue weighted by Gasteiger charge is 2.04. The van der Waals surface area contributed by atoms with Gasteiger partial charge in [-0.15, -0.1) is 0 Å². The topological polar surface area (TPSA) is 41.1 Å².